The predicted molar refractivity (Wildman–Crippen MR) is 99.8 cm³/mol. The Kier molecular flexibility index (Phi) is 6.60. The molecule has 0 unspecified atom stereocenters. The molecule has 0 aliphatic rings. The number of carbonyl (C=O) groups is 2. The van der Waals surface area contributed by atoms with Gasteiger partial charge in [-0.25, -0.2) is 4.79 Å². The third kappa shape index (κ3) is 5.51. The van der Waals surface area contributed by atoms with Crippen molar-refractivity contribution in [3.63, 3.8) is 0 Å². The van der Waals surface area contributed by atoms with Gasteiger partial charge in [-0.1, -0.05) is 30.3 Å². The molecule has 1 amide bonds. The van der Waals surface area contributed by atoms with Gasteiger partial charge in [0, 0.05) is 13.6 Å². The maximum absolute atomic E-state index is 12.3. The van der Waals surface area contributed by atoms with Crippen molar-refractivity contribution >= 4 is 17.6 Å². The van der Waals surface area contributed by atoms with Gasteiger partial charge in [-0.05, 0) is 37.6 Å². The van der Waals surface area contributed by atoms with Crippen LogP contribution in [0, 0.1) is 0 Å². The van der Waals surface area contributed by atoms with Gasteiger partial charge < -0.3 is 20.1 Å². The summed E-state index contributed by atoms with van der Waals surface area (Å²) in [6.07, 6.45) is -0.224. The van der Waals surface area contributed by atoms with E-state index in [2.05, 4.69) is 0 Å². The Balaban J connectivity index is 1.97. The number of hydrogen-bond donors (Lipinski definition) is 1. The van der Waals surface area contributed by atoms with Gasteiger partial charge in [-0.15, -0.1) is 0 Å². The molecule has 2 aromatic rings. The van der Waals surface area contributed by atoms with Crippen molar-refractivity contribution < 1.29 is 19.1 Å². The fourth-order valence-electron chi connectivity index (χ4n) is 2.26. The van der Waals surface area contributed by atoms with Gasteiger partial charge in [0.05, 0.1) is 17.4 Å². The highest BCUT2D eigenvalue weighted by molar-refractivity contribution is 5.90. The summed E-state index contributed by atoms with van der Waals surface area (Å²) in [5, 5.41) is 0. The summed E-state index contributed by atoms with van der Waals surface area (Å²) in [5.74, 6) is -0.370. The van der Waals surface area contributed by atoms with E-state index in [9.17, 15) is 9.59 Å². The van der Waals surface area contributed by atoms with Crippen LogP contribution in [0.15, 0.2) is 48.5 Å². The van der Waals surface area contributed by atoms with Crippen LogP contribution in [0.25, 0.3) is 0 Å². The van der Waals surface area contributed by atoms with Gasteiger partial charge in [-0.3, -0.25) is 4.79 Å². The molecule has 0 saturated heterocycles. The van der Waals surface area contributed by atoms with Crippen LogP contribution in [0.3, 0.4) is 0 Å². The Morgan fingerprint density at radius 3 is 2.46 bits per heavy atom. The average Bonchev–Trinajstić information content (AvgIpc) is 2.60. The molecular formula is C20H24N2O4. The summed E-state index contributed by atoms with van der Waals surface area (Å²) in [4.78, 5) is 25.8. The Bertz CT molecular complexity index is 760. The fourth-order valence-corrected chi connectivity index (χ4v) is 2.26. The summed E-state index contributed by atoms with van der Waals surface area (Å²) >= 11 is 0. The molecule has 0 fully saturated rings. The number of nitrogens with two attached hydrogens (primary N) is 1. The van der Waals surface area contributed by atoms with Gasteiger partial charge in [0.25, 0.3) is 5.91 Å². The molecule has 138 valence electrons. The highest BCUT2D eigenvalue weighted by Gasteiger charge is 2.14. The topological polar surface area (TPSA) is 81.9 Å². The normalized spacial score (nSPS) is 10.5. The SMILES string of the molecule is CC(C)OC(=O)c1ccc(N)c(OCC(=O)N(C)Cc2ccccc2)c1. The first kappa shape index (κ1) is 19.3. The summed E-state index contributed by atoms with van der Waals surface area (Å²) in [6, 6.07) is 14.3. The van der Waals surface area contributed by atoms with E-state index in [-0.39, 0.29) is 24.4 Å². The number of carbonyl (C=O) groups excluding carboxylic acids is 2. The van der Waals surface area contributed by atoms with Crippen LogP contribution in [-0.2, 0) is 16.1 Å². The molecule has 0 spiro atoms. The second-order valence-electron chi connectivity index (χ2n) is 6.23. The van der Waals surface area contributed by atoms with E-state index < -0.39 is 5.97 Å². The van der Waals surface area contributed by atoms with Gasteiger partial charge in [0.15, 0.2) is 6.61 Å². The maximum atomic E-state index is 12.3. The summed E-state index contributed by atoms with van der Waals surface area (Å²) < 4.78 is 10.7. The first-order chi connectivity index (χ1) is 12.4. The molecule has 0 aliphatic carbocycles. The van der Waals surface area contributed by atoms with E-state index in [0.717, 1.165) is 5.56 Å². The number of benzene rings is 2. The zero-order valence-electron chi connectivity index (χ0n) is 15.3. The van der Waals surface area contributed by atoms with Gasteiger partial charge in [0.1, 0.15) is 5.75 Å². The van der Waals surface area contributed by atoms with Gasteiger partial charge in [-0.2, -0.15) is 0 Å². The van der Waals surface area contributed by atoms with Gasteiger partial charge >= 0.3 is 5.97 Å². The highest BCUT2D eigenvalue weighted by atomic mass is 16.5. The maximum Gasteiger partial charge on any atom is 0.338 e. The van der Waals surface area contributed by atoms with E-state index in [4.69, 9.17) is 15.2 Å². The molecule has 2 aromatic carbocycles. The fraction of sp³-hybridized carbons (Fsp3) is 0.300. The number of amides is 1. The molecule has 0 bridgehead atoms. The Labute approximate surface area is 153 Å². The van der Waals surface area contributed by atoms with Crippen molar-refractivity contribution in [1.29, 1.82) is 0 Å². The first-order valence-corrected chi connectivity index (χ1v) is 8.38. The molecule has 0 saturated carbocycles. The number of hydrogen-bond acceptors (Lipinski definition) is 5. The number of esters is 1. The molecule has 2 rings (SSSR count). The summed E-state index contributed by atoms with van der Waals surface area (Å²) in [7, 11) is 1.71. The Morgan fingerprint density at radius 1 is 1.12 bits per heavy atom. The van der Waals surface area contributed by atoms with Crippen LogP contribution in [0.2, 0.25) is 0 Å². The van der Waals surface area contributed by atoms with E-state index in [1.165, 1.54) is 6.07 Å². The van der Waals surface area contributed by atoms with E-state index >= 15 is 0 Å². The van der Waals surface area contributed by atoms with E-state index in [1.54, 1.807) is 37.9 Å². The molecular weight excluding hydrogens is 332 g/mol. The standard InChI is InChI=1S/C20H24N2O4/c1-14(2)26-20(24)16-9-10-17(21)18(11-16)25-13-19(23)22(3)12-15-7-5-4-6-8-15/h4-11,14H,12-13,21H2,1-3H3. The van der Waals surface area contributed by atoms with Crippen LogP contribution in [-0.4, -0.2) is 36.5 Å². The molecule has 6 nitrogen and oxygen atoms in total. The highest BCUT2D eigenvalue weighted by Crippen LogP contribution is 2.23. The molecule has 0 aliphatic heterocycles. The average molecular weight is 356 g/mol. The predicted octanol–water partition coefficient (Wildman–Crippen LogP) is 2.87. The Morgan fingerprint density at radius 2 is 1.81 bits per heavy atom. The first-order valence-electron chi connectivity index (χ1n) is 8.38. The van der Waals surface area contributed by atoms with Crippen LogP contribution in [0.1, 0.15) is 29.8 Å². The lowest BCUT2D eigenvalue weighted by atomic mass is 10.2. The van der Waals surface area contributed by atoms with Crippen molar-refractivity contribution in [2.75, 3.05) is 19.4 Å². The lowest BCUT2D eigenvalue weighted by Gasteiger charge is -2.18. The zero-order valence-corrected chi connectivity index (χ0v) is 15.3. The Hall–Kier alpha value is -3.02. The van der Waals surface area contributed by atoms with Crippen LogP contribution in [0.5, 0.6) is 5.75 Å². The van der Waals surface area contributed by atoms with Crippen LogP contribution in [0.4, 0.5) is 5.69 Å². The van der Waals surface area contributed by atoms with Crippen LogP contribution >= 0.6 is 0 Å². The van der Waals surface area contributed by atoms with Crippen molar-refractivity contribution in [1.82, 2.24) is 4.90 Å². The number of nitrogen functional groups attached to an aromatic ring is 1. The second kappa shape index (κ2) is 8.89. The second-order valence-corrected chi connectivity index (χ2v) is 6.23. The third-order valence-corrected chi connectivity index (χ3v) is 3.63. The smallest absolute Gasteiger partial charge is 0.338 e. The largest absolute Gasteiger partial charge is 0.482 e. The third-order valence-electron chi connectivity index (χ3n) is 3.63. The number of rotatable bonds is 7. The van der Waals surface area contributed by atoms with E-state index in [1.807, 2.05) is 30.3 Å². The van der Waals surface area contributed by atoms with Crippen molar-refractivity contribution in [2.45, 2.75) is 26.5 Å². The number of likely N-dealkylation sites (N-methyl/N-ethyl adjacent to an activating group) is 1. The molecule has 2 N–H and O–H groups in total. The zero-order chi connectivity index (χ0) is 19.1. The minimum atomic E-state index is -0.461. The van der Waals surface area contributed by atoms with E-state index in [0.29, 0.717) is 17.8 Å². The molecule has 0 atom stereocenters. The molecule has 0 heterocycles. The lowest BCUT2D eigenvalue weighted by molar-refractivity contribution is -0.132. The van der Waals surface area contributed by atoms with Crippen molar-refractivity contribution in [2.24, 2.45) is 0 Å². The molecule has 0 radical (unpaired) electrons. The van der Waals surface area contributed by atoms with Gasteiger partial charge in [0.2, 0.25) is 0 Å². The molecule has 6 heteroatoms. The lowest BCUT2D eigenvalue weighted by Crippen LogP contribution is -2.31. The van der Waals surface area contributed by atoms with Crippen molar-refractivity contribution in [3.05, 3.63) is 59.7 Å². The summed E-state index contributed by atoms with van der Waals surface area (Å²) in [5.41, 5.74) is 7.58. The number of ether oxygens (including phenoxy) is 2. The monoisotopic (exact) mass is 356 g/mol. The van der Waals surface area contributed by atoms with Crippen LogP contribution < -0.4 is 10.5 Å². The molecule has 0 aromatic heterocycles. The summed E-state index contributed by atoms with van der Waals surface area (Å²) in [6.45, 7) is 3.86. The van der Waals surface area contributed by atoms with Crippen molar-refractivity contribution in [3.8, 4) is 5.75 Å². The minimum absolute atomic E-state index is 0.170. The molecule has 26 heavy (non-hydrogen) atoms. The minimum Gasteiger partial charge on any atom is -0.482 e. The number of anilines is 1. The number of nitrogens with zero attached hydrogens (tertiary/aromatic N) is 1. The quantitative estimate of drug-likeness (QED) is 0.609.